The van der Waals surface area contributed by atoms with Gasteiger partial charge in [-0.3, -0.25) is 0 Å². The van der Waals surface area contributed by atoms with Gasteiger partial charge in [-0.2, -0.15) is 0 Å². The van der Waals surface area contributed by atoms with Crippen LogP contribution in [-0.2, 0) is 11.2 Å². The zero-order valence-electron chi connectivity index (χ0n) is 14.2. The standard InChI is InChI=1S/C16H18N2O6S/c1-5-14-17-18-16(24-14)25-13(15(19)20)7-9-6-11(22-3)12(23-4)8-10(9)21-2/h6-8H,5H2,1-4H3,(H,19,20)/p-1/b13-7-. The molecule has 0 aliphatic carbocycles. The van der Waals surface area contributed by atoms with Crippen LogP contribution in [0.15, 0.2) is 26.7 Å². The molecule has 0 fully saturated rings. The quantitative estimate of drug-likeness (QED) is 0.508. The molecular formula is C16H17N2O6S-. The third kappa shape index (κ3) is 4.44. The largest absolute Gasteiger partial charge is 0.544 e. The van der Waals surface area contributed by atoms with Gasteiger partial charge in [-0.05, 0) is 23.9 Å². The molecule has 0 saturated heterocycles. The summed E-state index contributed by atoms with van der Waals surface area (Å²) < 4.78 is 21.0. The van der Waals surface area contributed by atoms with E-state index in [1.165, 1.54) is 27.4 Å². The highest BCUT2D eigenvalue weighted by atomic mass is 32.2. The molecule has 0 bridgehead atoms. The molecule has 1 heterocycles. The number of thioether (sulfide) groups is 1. The first-order valence-electron chi connectivity index (χ1n) is 7.25. The second-order valence-electron chi connectivity index (χ2n) is 4.66. The lowest BCUT2D eigenvalue weighted by molar-refractivity contribution is -0.298. The van der Waals surface area contributed by atoms with Crippen molar-refractivity contribution in [2.24, 2.45) is 0 Å². The maximum atomic E-state index is 11.5. The predicted octanol–water partition coefficient (Wildman–Crippen LogP) is 1.54. The number of aliphatic carboxylic acids is 1. The fraction of sp³-hybridized carbons (Fsp3) is 0.312. The van der Waals surface area contributed by atoms with Crippen LogP contribution in [0.4, 0.5) is 0 Å². The first-order valence-corrected chi connectivity index (χ1v) is 8.07. The van der Waals surface area contributed by atoms with Gasteiger partial charge in [0.15, 0.2) is 11.5 Å². The molecule has 0 N–H and O–H groups in total. The number of carboxylic acid groups (broad SMARTS) is 1. The van der Waals surface area contributed by atoms with Gasteiger partial charge in [-0.25, -0.2) is 0 Å². The number of carbonyl (C=O) groups is 1. The predicted molar refractivity (Wildman–Crippen MR) is 88.6 cm³/mol. The lowest BCUT2D eigenvalue weighted by Crippen LogP contribution is -2.23. The topological polar surface area (TPSA) is 107 Å². The van der Waals surface area contributed by atoms with E-state index in [0.29, 0.717) is 35.1 Å². The second-order valence-corrected chi connectivity index (χ2v) is 5.66. The molecule has 1 aromatic heterocycles. The second kappa shape index (κ2) is 8.43. The van der Waals surface area contributed by atoms with Gasteiger partial charge in [0.2, 0.25) is 5.89 Å². The van der Waals surface area contributed by atoms with E-state index in [2.05, 4.69) is 10.2 Å². The average Bonchev–Trinajstić information content (AvgIpc) is 3.08. The van der Waals surface area contributed by atoms with Gasteiger partial charge in [0, 0.05) is 23.0 Å². The van der Waals surface area contributed by atoms with Crippen LogP contribution in [0.25, 0.3) is 6.08 Å². The number of ether oxygens (including phenoxy) is 3. The molecule has 25 heavy (non-hydrogen) atoms. The molecule has 9 heteroatoms. The summed E-state index contributed by atoms with van der Waals surface area (Å²) in [4.78, 5) is 11.4. The Morgan fingerprint density at radius 1 is 1.16 bits per heavy atom. The number of hydrogen-bond acceptors (Lipinski definition) is 9. The van der Waals surface area contributed by atoms with Crippen LogP contribution in [0.2, 0.25) is 0 Å². The molecule has 0 saturated carbocycles. The fourth-order valence-corrected chi connectivity index (χ4v) is 2.63. The SMILES string of the molecule is CCc1nnc(S/C(=C\c2cc(OC)c(OC)cc2OC)C(=O)[O-])o1. The molecule has 0 radical (unpaired) electrons. The van der Waals surface area contributed by atoms with Crippen LogP contribution in [0, 0.1) is 0 Å². The molecule has 134 valence electrons. The van der Waals surface area contributed by atoms with Crippen LogP contribution >= 0.6 is 11.8 Å². The van der Waals surface area contributed by atoms with Crippen LogP contribution in [0.5, 0.6) is 17.2 Å². The first-order chi connectivity index (χ1) is 12.0. The fourth-order valence-electron chi connectivity index (χ4n) is 1.95. The normalized spacial score (nSPS) is 11.3. The Balaban J connectivity index is 2.43. The number of nitrogens with zero attached hydrogens (tertiary/aromatic N) is 2. The van der Waals surface area contributed by atoms with Gasteiger partial charge in [-0.15, -0.1) is 10.2 Å². The highest BCUT2D eigenvalue weighted by molar-refractivity contribution is 8.03. The van der Waals surface area contributed by atoms with Crippen LogP contribution in [0.1, 0.15) is 18.4 Å². The molecule has 2 aromatic rings. The van der Waals surface area contributed by atoms with E-state index in [9.17, 15) is 9.90 Å². The summed E-state index contributed by atoms with van der Waals surface area (Å²) in [5.74, 6) is 0.353. The highest BCUT2D eigenvalue weighted by Crippen LogP contribution is 2.37. The minimum absolute atomic E-state index is 0.114. The number of rotatable bonds is 8. The molecule has 0 unspecified atom stereocenters. The van der Waals surface area contributed by atoms with Gasteiger partial charge in [0.1, 0.15) is 5.75 Å². The first kappa shape index (κ1) is 18.7. The van der Waals surface area contributed by atoms with Gasteiger partial charge in [0.25, 0.3) is 5.22 Å². The molecule has 8 nitrogen and oxygen atoms in total. The minimum Gasteiger partial charge on any atom is -0.544 e. The van der Waals surface area contributed by atoms with Gasteiger partial charge in [0.05, 0.1) is 27.3 Å². The summed E-state index contributed by atoms with van der Waals surface area (Å²) in [5.41, 5.74) is 0.474. The van der Waals surface area contributed by atoms with Crippen LogP contribution < -0.4 is 19.3 Å². The number of carboxylic acids is 1. The molecule has 1 aromatic carbocycles. The Bertz CT molecular complexity index is 787. The highest BCUT2D eigenvalue weighted by Gasteiger charge is 2.14. The number of benzene rings is 1. The van der Waals surface area contributed by atoms with Crippen molar-refractivity contribution in [1.29, 1.82) is 0 Å². The Labute approximate surface area is 148 Å². The molecule has 0 atom stereocenters. The maximum absolute atomic E-state index is 11.5. The van der Waals surface area contributed by atoms with E-state index in [-0.39, 0.29) is 10.1 Å². The van der Waals surface area contributed by atoms with Gasteiger partial charge >= 0.3 is 0 Å². The van der Waals surface area contributed by atoms with E-state index >= 15 is 0 Å². The Kier molecular flexibility index (Phi) is 6.29. The van der Waals surface area contributed by atoms with Crippen molar-refractivity contribution in [2.45, 2.75) is 18.6 Å². The third-order valence-corrected chi connectivity index (χ3v) is 4.02. The van der Waals surface area contributed by atoms with Crippen molar-refractivity contribution in [3.05, 3.63) is 28.5 Å². The lowest BCUT2D eigenvalue weighted by Gasteiger charge is -2.13. The Morgan fingerprint density at radius 2 is 1.80 bits per heavy atom. The number of methoxy groups -OCH3 is 3. The van der Waals surface area contributed by atoms with Crippen LogP contribution in [0.3, 0.4) is 0 Å². The number of carbonyl (C=O) groups excluding carboxylic acids is 1. The molecule has 2 rings (SSSR count). The molecule has 0 spiro atoms. The number of aromatic nitrogens is 2. The monoisotopic (exact) mass is 365 g/mol. The molecular weight excluding hydrogens is 348 g/mol. The Hall–Kier alpha value is -2.68. The van der Waals surface area contributed by atoms with E-state index in [1.807, 2.05) is 6.92 Å². The van der Waals surface area contributed by atoms with E-state index < -0.39 is 5.97 Å². The number of hydrogen-bond donors (Lipinski definition) is 0. The van der Waals surface area contributed by atoms with E-state index in [1.54, 1.807) is 12.1 Å². The lowest BCUT2D eigenvalue weighted by atomic mass is 10.1. The summed E-state index contributed by atoms with van der Waals surface area (Å²) in [7, 11) is 4.45. The van der Waals surface area contributed by atoms with Crippen molar-refractivity contribution in [3.8, 4) is 17.2 Å². The van der Waals surface area contributed by atoms with Crippen molar-refractivity contribution >= 4 is 23.8 Å². The molecule has 0 aliphatic heterocycles. The Morgan fingerprint density at radius 3 is 2.32 bits per heavy atom. The van der Waals surface area contributed by atoms with Crippen molar-refractivity contribution in [3.63, 3.8) is 0 Å². The zero-order valence-corrected chi connectivity index (χ0v) is 15.0. The average molecular weight is 365 g/mol. The maximum Gasteiger partial charge on any atom is 0.281 e. The van der Waals surface area contributed by atoms with Gasteiger partial charge in [-0.1, -0.05) is 6.92 Å². The smallest absolute Gasteiger partial charge is 0.281 e. The number of aryl methyl sites for hydroxylation is 1. The van der Waals surface area contributed by atoms with Crippen molar-refractivity contribution in [1.82, 2.24) is 10.2 Å². The molecule has 0 aliphatic rings. The van der Waals surface area contributed by atoms with Crippen molar-refractivity contribution in [2.75, 3.05) is 21.3 Å². The summed E-state index contributed by atoms with van der Waals surface area (Å²) in [5, 5.41) is 19.2. The summed E-state index contributed by atoms with van der Waals surface area (Å²) in [6, 6.07) is 3.20. The zero-order chi connectivity index (χ0) is 18.4. The van der Waals surface area contributed by atoms with E-state index in [4.69, 9.17) is 18.6 Å². The van der Waals surface area contributed by atoms with Gasteiger partial charge < -0.3 is 28.5 Å². The van der Waals surface area contributed by atoms with E-state index in [0.717, 1.165) is 11.8 Å². The van der Waals surface area contributed by atoms with Crippen LogP contribution in [-0.4, -0.2) is 37.5 Å². The minimum atomic E-state index is -1.38. The third-order valence-electron chi connectivity index (χ3n) is 3.17. The summed E-state index contributed by atoms with van der Waals surface area (Å²) >= 11 is 0.802. The summed E-state index contributed by atoms with van der Waals surface area (Å²) in [6.07, 6.45) is 1.94. The molecule has 0 amide bonds. The van der Waals surface area contributed by atoms with Crippen molar-refractivity contribution < 1.29 is 28.5 Å². The summed E-state index contributed by atoms with van der Waals surface area (Å²) in [6.45, 7) is 1.85.